The molecule has 1 heterocycles. The van der Waals surface area contributed by atoms with Gasteiger partial charge in [0, 0.05) is 12.1 Å². The average molecular weight is 249 g/mol. The van der Waals surface area contributed by atoms with Crippen LogP contribution in [0.2, 0.25) is 0 Å². The van der Waals surface area contributed by atoms with Gasteiger partial charge in [-0.05, 0) is 38.1 Å². The molecule has 0 saturated carbocycles. The Bertz CT molecular complexity index is 520. The molecule has 0 aliphatic rings. The lowest BCUT2D eigenvalue weighted by Crippen LogP contribution is -2.10. The molecular formula is C13H16FN3O. The van der Waals surface area contributed by atoms with Gasteiger partial charge in [0.2, 0.25) is 0 Å². The molecule has 18 heavy (non-hydrogen) atoms. The summed E-state index contributed by atoms with van der Waals surface area (Å²) in [5.41, 5.74) is 6.56. The summed E-state index contributed by atoms with van der Waals surface area (Å²) in [6.45, 7) is 4.40. The van der Waals surface area contributed by atoms with Crippen LogP contribution >= 0.6 is 0 Å². The van der Waals surface area contributed by atoms with Crippen LogP contribution in [0.5, 0.6) is 5.75 Å². The number of benzene rings is 1. The van der Waals surface area contributed by atoms with Crippen LogP contribution in [0.4, 0.5) is 10.2 Å². The first-order chi connectivity index (χ1) is 8.56. The summed E-state index contributed by atoms with van der Waals surface area (Å²) >= 11 is 0. The molecule has 4 nitrogen and oxygen atoms in total. The second-order valence-electron chi connectivity index (χ2n) is 4.34. The fourth-order valence-electron chi connectivity index (χ4n) is 1.70. The molecule has 1 aromatic heterocycles. The topological polar surface area (TPSA) is 53.1 Å². The van der Waals surface area contributed by atoms with E-state index in [0.717, 1.165) is 5.69 Å². The number of nitrogen functional groups attached to an aromatic ring is 1. The molecule has 0 saturated heterocycles. The van der Waals surface area contributed by atoms with Gasteiger partial charge >= 0.3 is 0 Å². The van der Waals surface area contributed by atoms with Crippen LogP contribution in [0, 0.1) is 5.82 Å². The van der Waals surface area contributed by atoms with Gasteiger partial charge < -0.3 is 10.5 Å². The SMILES string of the molecule is CC(C)n1nc(N)cc1COc1ccc(F)cc1. The van der Waals surface area contributed by atoms with Crippen molar-refractivity contribution in [1.29, 1.82) is 0 Å². The van der Waals surface area contributed by atoms with Crippen LogP contribution in [0.3, 0.4) is 0 Å². The molecule has 96 valence electrons. The van der Waals surface area contributed by atoms with E-state index in [1.807, 2.05) is 18.5 Å². The first-order valence-electron chi connectivity index (χ1n) is 5.78. The number of hydrogen-bond acceptors (Lipinski definition) is 3. The second kappa shape index (κ2) is 5.08. The molecule has 0 aliphatic heterocycles. The minimum Gasteiger partial charge on any atom is -0.487 e. The molecule has 0 fully saturated rings. The number of ether oxygens (including phenoxy) is 1. The number of aromatic nitrogens is 2. The molecule has 0 bridgehead atoms. The van der Waals surface area contributed by atoms with Crippen molar-refractivity contribution in [3.05, 3.63) is 41.8 Å². The van der Waals surface area contributed by atoms with Crippen molar-refractivity contribution in [2.24, 2.45) is 0 Å². The van der Waals surface area contributed by atoms with E-state index in [9.17, 15) is 4.39 Å². The van der Waals surface area contributed by atoms with E-state index in [-0.39, 0.29) is 11.9 Å². The van der Waals surface area contributed by atoms with Crippen molar-refractivity contribution in [2.45, 2.75) is 26.5 Å². The third kappa shape index (κ3) is 2.80. The van der Waals surface area contributed by atoms with Crippen LogP contribution in [0.15, 0.2) is 30.3 Å². The molecule has 0 spiro atoms. The van der Waals surface area contributed by atoms with Gasteiger partial charge in [-0.25, -0.2) is 4.39 Å². The predicted molar refractivity (Wildman–Crippen MR) is 67.8 cm³/mol. The third-order valence-corrected chi connectivity index (χ3v) is 2.52. The molecule has 0 amide bonds. The molecule has 5 heteroatoms. The molecule has 1 aromatic carbocycles. The van der Waals surface area contributed by atoms with Crippen molar-refractivity contribution in [2.75, 3.05) is 5.73 Å². The van der Waals surface area contributed by atoms with E-state index in [4.69, 9.17) is 10.5 Å². The number of nitrogens with zero attached hydrogens (tertiary/aromatic N) is 2. The minimum absolute atomic E-state index is 0.217. The standard InChI is InChI=1S/C13H16FN3O/c1-9(2)17-11(7-13(15)16-17)8-18-12-5-3-10(14)4-6-12/h3-7,9H,8H2,1-2H3,(H2,15,16). The predicted octanol–water partition coefficient (Wildman–Crippen LogP) is 2.76. The Hall–Kier alpha value is -2.04. The maximum Gasteiger partial charge on any atom is 0.145 e. The lowest BCUT2D eigenvalue weighted by molar-refractivity contribution is 0.287. The normalized spacial score (nSPS) is 10.9. The van der Waals surface area contributed by atoms with E-state index < -0.39 is 0 Å². The van der Waals surface area contributed by atoms with E-state index in [1.165, 1.54) is 12.1 Å². The van der Waals surface area contributed by atoms with Crippen LogP contribution in [-0.4, -0.2) is 9.78 Å². The Morgan fingerprint density at radius 2 is 2.00 bits per heavy atom. The minimum atomic E-state index is -0.279. The summed E-state index contributed by atoms with van der Waals surface area (Å²) in [6.07, 6.45) is 0. The number of halogens is 1. The van der Waals surface area contributed by atoms with E-state index in [1.54, 1.807) is 18.2 Å². The molecule has 2 rings (SSSR count). The van der Waals surface area contributed by atoms with Gasteiger partial charge in [-0.1, -0.05) is 0 Å². The van der Waals surface area contributed by atoms with Crippen LogP contribution < -0.4 is 10.5 Å². The van der Waals surface area contributed by atoms with Gasteiger partial charge in [-0.15, -0.1) is 0 Å². The molecule has 2 N–H and O–H groups in total. The van der Waals surface area contributed by atoms with Gasteiger partial charge in [0.15, 0.2) is 0 Å². The van der Waals surface area contributed by atoms with E-state index in [0.29, 0.717) is 18.2 Å². The molecule has 0 radical (unpaired) electrons. The fourth-order valence-corrected chi connectivity index (χ4v) is 1.70. The third-order valence-electron chi connectivity index (χ3n) is 2.52. The number of hydrogen-bond donors (Lipinski definition) is 1. The van der Waals surface area contributed by atoms with Crippen LogP contribution in [0.1, 0.15) is 25.6 Å². The summed E-state index contributed by atoms with van der Waals surface area (Å²) in [6, 6.07) is 7.91. The summed E-state index contributed by atoms with van der Waals surface area (Å²) < 4.78 is 20.1. The average Bonchev–Trinajstić information content (AvgIpc) is 2.70. The Kier molecular flexibility index (Phi) is 3.50. The fraction of sp³-hybridized carbons (Fsp3) is 0.308. The first-order valence-corrected chi connectivity index (χ1v) is 5.78. The van der Waals surface area contributed by atoms with E-state index in [2.05, 4.69) is 5.10 Å². The molecule has 0 atom stereocenters. The first kappa shape index (κ1) is 12.4. The smallest absolute Gasteiger partial charge is 0.145 e. The quantitative estimate of drug-likeness (QED) is 0.906. The summed E-state index contributed by atoms with van der Waals surface area (Å²) in [4.78, 5) is 0. The van der Waals surface area contributed by atoms with Gasteiger partial charge in [-0.2, -0.15) is 5.10 Å². The van der Waals surface area contributed by atoms with Crippen LogP contribution in [0.25, 0.3) is 0 Å². The monoisotopic (exact) mass is 249 g/mol. The zero-order valence-electron chi connectivity index (χ0n) is 10.4. The van der Waals surface area contributed by atoms with Crippen LogP contribution in [-0.2, 0) is 6.61 Å². The largest absolute Gasteiger partial charge is 0.487 e. The number of rotatable bonds is 4. The summed E-state index contributed by atoms with van der Waals surface area (Å²) in [5, 5.41) is 4.19. The molecular weight excluding hydrogens is 233 g/mol. The van der Waals surface area contributed by atoms with E-state index >= 15 is 0 Å². The number of nitrogens with two attached hydrogens (primary N) is 1. The number of anilines is 1. The Balaban J connectivity index is 2.08. The summed E-state index contributed by atoms with van der Waals surface area (Å²) in [5.74, 6) is 0.812. The highest BCUT2D eigenvalue weighted by atomic mass is 19.1. The summed E-state index contributed by atoms with van der Waals surface area (Å²) in [7, 11) is 0. The van der Waals surface area contributed by atoms with Crippen molar-refractivity contribution >= 4 is 5.82 Å². The molecule has 2 aromatic rings. The van der Waals surface area contributed by atoms with Gasteiger partial charge in [0.05, 0.1) is 5.69 Å². The Labute approximate surface area is 105 Å². The molecule has 0 unspecified atom stereocenters. The maximum atomic E-state index is 12.7. The van der Waals surface area contributed by atoms with Gasteiger partial charge in [0.1, 0.15) is 24.0 Å². The Morgan fingerprint density at radius 1 is 1.33 bits per heavy atom. The van der Waals surface area contributed by atoms with Crippen molar-refractivity contribution in [3.63, 3.8) is 0 Å². The zero-order valence-corrected chi connectivity index (χ0v) is 10.4. The highest BCUT2D eigenvalue weighted by Gasteiger charge is 2.09. The lowest BCUT2D eigenvalue weighted by atomic mass is 10.3. The highest BCUT2D eigenvalue weighted by Crippen LogP contribution is 2.17. The van der Waals surface area contributed by atoms with Gasteiger partial charge in [0.25, 0.3) is 0 Å². The zero-order chi connectivity index (χ0) is 13.1. The van der Waals surface area contributed by atoms with Crippen molar-refractivity contribution < 1.29 is 9.13 Å². The lowest BCUT2D eigenvalue weighted by Gasteiger charge is -2.11. The maximum absolute atomic E-state index is 12.7. The highest BCUT2D eigenvalue weighted by molar-refractivity contribution is 5.30. The second-order valence-corrected chi connectivity index (χ2v) is 4.34. The van der Waals surface area contributed by atoms with Gasteiger partial charge in [-0.3, -0.25) is 4.68 Å². The Morgan fingerprint density at radius 3 is 2.61 bits per heavy atom. The van der Waals surface area contributed by atoms with Crippen molar-refractivity contribution in [3.8, 4) is 5.75 Å². The molecule has 0 aliphatic carbocycles. The van der Waals surface area contributed by atoms with Crippen molar-refractivity contribution in [1.82, 2.24) is 9.78 Å².